The van der Waals surface area contributed by atoms with Crippen LogP contribution in [0.2, 0.25) is 5.02 Å². The fourth-order valence-corrected chi connectivity index (χ4v) is 5.71. The molecule has 2 aliphatic rings. The van der Waals surface area contributed by atoms with Gasteiger partial charge < -0.3 is 15.3 Å². The van der Waals surface area contributed by atoms with Crippen LogP contribution in [0, 0.1) is 25.6 Å². The Morgan fingerprint density at radius 1 is 1.05 bits per heavy atom. The van der Waals surface area contributed by atoms with Crippen LogP contribution in [0.25, 0.3) is 5.69 Å². The van der Waals surface area contributed by atoms with Crippen LogP contribution < -0.4 is 5.32 Å². The largest absolute Gasteiger partial charge is 0.490 e. The zero-order valence-corrected chi connectivity index (χ0v) is 23.3. The summed E-state index contributed by atoms with van der Waals surface area (Å²) in [6, 6.07) is 15.2. The molecule has 0 radical (unpaired) electrons. The molecule has 41 heavy (non-hydrogen) atoms. The normalized spacial score (nSPS) is 19.5. The molecule has 2 saturated heterocycles. The number of carbonyl (C=O) groups is 2. The summed E-state index contributed by atoms with van der Waals surface area (Å²) in [5.74, 6) is -2.46. The van der Waals surface area contributed by atoms with Gasteiger partial charge in [0.15, 0.2) is 0 Å². The van der Waals surface area contributed by atoms with E-state index in [2.05, 4.69) is 47.7 Å². The molecule has 1 amide bonds. The van der Waals surface area contributed by atoms with Crippen LogP contribution >= 0.6 is 11.6 Å². The summed E-state index contributed by atoms with van der Waals surface area (Å²) < 4.78 is 47.3. The molecule has 0 unspecified atom stereocenters. The van der Waals surface area contributed by atoms with Crippen molar-refractivity contribution in [1.82, 2.24) is 20.0 Å². The number of nitrogens with one attached hydrogen (secondary N) is 1. The number of hydrogen-bond donors (Lipinski definition) is 2. The molecule has 2 aromatic carbocycles. The van der Waals surface area contributed by atoms with Crippen molar-refractivity contribution in [2.24, 2.45) is 5.92 Å². The maximum atomic E-state index is 13.7. The van der Waals surface area contributed by atoms with Crippen molar-refractivity contribution in [3.63, 3.8) is 0 Å². The smallest absolute Gasteiger partial charge is 0.475 e. The van der Waals surface area contributed by atoms with Crippen LogP contribution in [0.3, 0.4) is 0 Å². The number of benzene rings is 2. The highest BCUT2D eigenvalue weighted by molar-refractivity contribution is 6.30. The summed E-state index contributed by atoms with van der Waals surface area (Å²) >= 11 is 6.03. The van der Waals surface area contributed by atoms with Crippen molar-refractivity contribution in [3.8, 4) is 5.69 Å². The van der Waals surface area contributed by atoms with Gasteiger partial charge in [0.1, 0.15) is 5.82 Å². The first-order valence-electron chi connectivity index (χ1n) is 13.2. The number of amides is 1. The van der Waals surface area contributed by atoms with Crippen LogP contribution in [-0.4, -0.2) is 64.0 Å². The number of aryl methyl sites for hydroxylation is 2. The summed E-state index contributed by atoms with van der Waals surface area (Å²) in [5.41, 5.74) is 5.28. The molecule has 2 atom stereocenters. The first-order valence-corrected chi connectivity index (χ1v) is 13.6. The lowest BCUT2D eigenvalue weighted by molar-refractivity contribution is -0.192. The number of aromatic nitrogens is 2. The number of aliphatic carboxylic acids is 1. The molecule has 0 spiro atoms. The van der Waals surface area contributed by atoms with Crippen molar-refractivity contribution in [3.05, 3.63) is 81.9 Å². The van der Waals surface area contributed by atoms with E-state index in [1.54, 1.807) is 12.1 Å². The standard InChI is InChI=1S/C27H30ClFN4O.C2HF3O2/c1-17-5-3-4-6-21(17)22-15-30-16-23(22)27(34)32-11-9-19(10-12-32)26-13-18(2)31-33(26)20-7-8-25(29)24(28)14-20;3-2(4,5)1(6)7/h3-8,13-14,19,22-23,30H,9-12,15-16H2,1-2H3;(H,6,7)/t22-,23+;/m0./s1. The highest BCUT2D eigenvalue weighted by Crippen LogP contribution is 2.35. The minimum absolute atomic E-state index is 0.0215. The Balaban J connectivity index is 0.000000493. The van der Waals surface area contributed by atoms with Crippen molar-refractivity contribution >= 4 is 23.5 Å². The van der Waals surface area contributed by atoms with E-state index in [1.807, 2.05) is 16.5 Å². The molecule has 2 fully saturated rings. The van der Waals surface area contributed by atoms with E-state index in [-0.39, 0.29) is 28.7 Å². The van der Waals surface area contributed by atoms with Crippen LogP contribution in [0.1, 0.15) is 47.2 Å². The quantitative estimate of drug-likeness (QED) is 0.383. The van der Waals surface area contributed by atoms with Gasteiger partial charge in [0.2, 0.25) is 5.91 Å². The number of hydrogen-bond acceptors (Lipinski definition) is 4. The Hall–Kier alpha value is -3.44. The number of rotatable bonds is 4. The third-order valence-corrected chi connectivity index (χ3v) is 7.88. The molecule has 3 heterocycles. The summed E-state index contributed by atoms with van der Waals surface area (Å²) in [7, 11) is 0. The first kappa shape index (κ1) is 30.5. The van der Waals surface area contributed by atoms with Gasteiger partial charge in [-0.25, -0.2) is 13.9 Å². The summed E-state index contributed by atoms with van der Waals surface area (Å²) in [4.78, 5) is 24.5. The van der Waals surface area contributed by atoms with E-state index >= 15 is 0 Å². The van der Waals surface area contributed by atoms with E-state index in [4.69, 9.17) is 21.5 Å². The minimum Gasteiger partial charge on any atom is -0.475 e. The zero-order valence-electron chi connectivity index (χ0n) is 22.6. The summed E-state index contributed by atoms with van der Waals surface area (Å²) in [5, 5.41) is 15.3. The molecule has 7 nitrogen and oxygen atoms in total. The number of halogens is 5. The second kappa shape index (κ2) is 12.6. The van der Waals surface area contributed by atoms with Crippen LogP contribution in [-0.2, 0) is 9.59 Å². The van der Waals surface area contributed by atoms with E-state index in [9.17, 15) is 22.4 Å². The molecule has 12 heteroatoms. The van der Waals surface area contributed by atoms with Crippen LogP contribution in [0.15, 0.2) is 48.5 Å². The predicted octanol–water partition coefficient (Wildman–Crippen LogP) is 5.62. The average molecular weight is 595 g/mol. The average Bonchev–Trinajstić information content (AvgIpc) is 3.57. The maximum Gasteiger partial charge on any atom is 0.490 e. The van der Waals surface area contributed by atoms with Gasteiger partial charge in [-0.3, -0.25) is 4.79 Å². The van der Waals surface area contributed by atoms with Gasteiger partial charge in [-0.05, 0) is 62.1 Å². The van der Waals surface area contributed by atoms with E-state index < -0.39 is 18.0 Å². The number of nitrogens with zero attached hydrogens (tertiary/aromatic N) is 3. The van der Waals surface area contributed by atoms with Crippen LogP contribution in [0.4, 0.5) is 17.6 Å². The number of carboxylic acid groups (broad SMARTS) is 1. The SMILES string of the molecule is Cc1cc(C2CCN(C(=O)[C@@H]3CNC[C@H]3c3ccccc3C)CC2)n(-c2ccc(F)c(Cl)c2)n1.O=C(O)C(F)(F)F. The van der Waals surface area contributed by atoms with Crippen molar-refractivity contribution < 1.29 is 32.3 Å². The third-order valence-electron chi connectivity index (χ3n) is 7.59. The Labute approximate surface area is 240 Å². The van der Waals surface area contributed by atoms with Crippen molar-refractivity contribution in [2.75, 3.05) is 26.2 Å². The molecule has 2 N–H and O–H groups in total. The van der Waals surface area contributed by atoms with Gasteiger partial charge in [-0.15, -0.1) is 0 Å². The summed E-state index contributed by atoms with van der Waals surface area (Å²) in [6.07, 6.45) is -3.33. The Bertz CT molecular complexity index is 1400. The first-order chi connectivity index (χ1) is 19.4. The lowest BCUT2D eigenvalue weighted by atomic mass is 9.84. The molecule has 1 aromatic heterocycles. The van der Waals surface area contributed by atoms with E-state index in [0.29, 0.717) is 0 Å². The fraction of sp³-hybridized carbons (Fsp3) is 0.414. The second-order valence-corrected chi connectivity index (χ2v) is 10.8. The Morgan fingerprint density at radius 3 is 2.32 bits per heavy atom. The van der Waals surface area contributed by atoms with Gasteiger partial charge in [-0.1, -0.05) is 35.9 Å². The highest BCUT2D eigenvalue weighted by atomic mass is 35.5. The lowest BCUT2D eigenvalue weighted by Gasteiger charge is -2.35. The number of piperidine rings is 1. The Morgan fingerprint density at radius 2 is 1.71 bits per heavy atom. The molecule has 3 aromatic rings. The molecular weight excluding hydrogens is 564 g/mol. The molecule has 0 aliphatic carbocycles. The Kier molecular flexibility index (Phi) is 9.38. The molecule has 220 valence electrons. The molecule has 2 aliphatic heterocycles. The summed E-state index contributed by atoms with van der Waals surface area (Å²) in [6.45, 7) is 7.12. The van der Waals surface area contributed by atoms with Gasteiger partial charge in [-0.2, -0.15) is 18.3 Å². The predicted molar refractivity (Wildman–Crippen MR) is 146 cm³/mol. The third kappa shape index (κ3) is 7.08. The van der Waals surface area contributed by atoms with Gasteiger partial charge >= 0.3 is 12.1 Å². The van der Waals surface area contributed by atoms with Gasteiger partial charge in [0.25, 0.3) is 0 Å². The maximum absolute atomic E-state index is 13.7. The van der Waals surface area contributed by atoms with Crippen molar-refractivity contribution in [1.29, 1.82) is 0 Å². The molecule has 0 saturated carbocycles. The van der Waals surface area contributed by atoms with Gasteiger partial charge in [0, 0.05) is 43.7 Å². The monoisotopic (exact) mass is 594 g/mol. The van der Waals surface area contributed by atoms with E-state index in [0.717, 1.165) is 56.1 Å². The van der Waals surface area contributed by atoms with Crippen molar-refractivity contribution in [2.45, 2.75) is 44.7 Å². The zero-order chi connectivity index (χ0) is 29.9. The lowest BCUT2D eigenvalue weighted by Crippen LogP contribution is -2.43. The number of carboxylic acids is 1. The highest BCUT2D eigenvalue weighted by Gasteiger charge is 2.39. The molecule has 0 bridgehead atoms. The van der Waals surface area contributed by atoms with E-state index in [1.165, 1.54) is 17.2 Å². The molecular formula is C29H31ClF4N4O3. The topological polar surface area (TPSA) is 87.5 Å². The number of likely N-dealkylation sites (tertiary alicyclic amines) is 1. The van der Waals surface area contributed by atoms with Crippen LogP contribution in [0.5, 0.6) is 0 Å². The van der Waals surface area contributed by atoms with Gasteiger partial charge in [0.05, 0.1) is 22.3 Å². The second-order valence-electron chi connectivity index (χ2n) is 10.4. The number of carbonyl (C=O) groups excluding carboxylic acids is 1. The fourth-order valence-electron chi connectivity index (χ4n) is 5.53. The molecule has 5 rings (SSSR count). The minimum atomic E-state index is -5.08. The number of alkyl halides is 3.